The summed E-state index contributed by atoms with van der Waals surface area (Å²) in [5.74, 6) is -1.11. The van der Waals surface area contributed by atoms with E-state index in [-0.39, 0.29) is 17.4 Å². The molecule has 1 nitrogen and oxygen atoms in total. The molecule has 0 atom stereocenters. The summed E-state index contributed by atoms with van der Waals surface area (Å²) in [7, 11) is 0. The van der Waals surface area contributed by atoms with Crippen LogP contribution in [0.25, 0.3) is 0 Å². The first kappa shape index (κ1) is 13.1. The molecule has 2 aromatic carbocycles. The summed E-state index contributed by atoms with van der Waals surface area (Å²) in [6.45, 7) is 0. The highest BCUT2D eigenvalue weighted by molar-refractivity contribution is 6.32. The Morgan fingerprint density at radius 2 is 1.89 bits per heavy atom. The van der Waals surface area contributed by atoms with Crippen LogP contribution in [0.2, 0.25) is 5.02 Å². The van der Waals surface area contributed by atoms with E-state index in [1.54, 1.807) is 18.2 Å². The number of benzene rings is 2. The summed E-state index contributed by atoms with van der Waals surface area (Å²) in [6, 6.07) is 8.09. The molecule has 0 unspecified atom stereocenters. The first-order valence-corrected chi connectivity index (χ1v) is 5.99. The second kappa shape index (κ2) is 5.55. The van der Waals surface area contributed by atoms with Crippen molar-refractivity contribution in [2.75, 3.05) is 0 Å². The zero-order chi connectivity index (χ0) is 13.1. The summed E-state index contributed by atoms with van der Waals surface area (Å²) < 4.78 is 31.6. The lowest BCUT2D eigenvalue weighted by Crippen LogP contribution is -1.93. The molecule has 0 aliphatic carbocycles. The molecular formula is C13H8Cl2F2O. The van der Waals surface area contributed by atoms with Gasteiger partial charge < -0.3 is 4.74 Å². The van der Waals surface area contributed by atoms with E-state index in [0.717, 1.165) is 12.1 Å². The minimum Gasteiger partial charge on any atom is -0.452 e. The van der Waals surface area contributed by atoms with Crippen molar-refractivity contribution >= 4 is 23.2 Å². The lowest BCUT2D eigenvalue weighted by molar-refractivity contribution is 0.435. The third-order valence-corrected chi connectivity index (χ3v) is 2.88. The monoisotopic (exact) mass is 288 g/mol. The first-order valence-electron chi connectivity index (χ1n) is 5.08. The Balaban J connectivity index is 2.39. The highest BCUT2D eigenvalue weighted by Crippen LogP contribution is 2.34. The number of rotatable bonds is 3. The SMILES string of the molecule is Fc1ccc(Oc2c(Cl)cccc2CCl)c(F)c1. The molecule has 0 N–H and O–H groups in total. The molecule has 0 saturated heterocycles. The van der Waals surface area contributed by atoms with E-state index in [0.29, 0.717) is 10.6 Å². The van der Waals surface area contributed by atoms with Crippen molar-refractivity contribution in [3.63, 3.8) is 0 Å². The van der Waals surface area contributed by atoms with Crippen LogP contribution in [0.15, 0.2) is 36.4 Å². The van der Waals surface area contributed by atoms with Crippen LogP contribution in [0.1, 0.15) is 5.56 Å². The van der Waals surface area contributed by atoms with E-state index in [1.165, 1.54) is 6.07 Å². The third kappa shape index (κ3) is 2.74. The molecule has 2 rings (SSSR count). The van der Waals surface area contributed by atoms with Gasteiger partial charge in [0.1, 0.15) is 5.82 Å². The maximum atomic E-state index is 13.5. The van der Waals surface area contributed by atoms with E-state index in [4.69, 9.17) is 27.9 Å². The first-order chi connectivity index (χ1) is 8.61. The van der Waals surface area contributed by atoms with Crippen LogP contribution in [0, 0.1) is 11.6 Å². The molecule has 0 aliphatic rings. The second-order valence-corrected chi connectivity index (χ2v) is 4.21. The molecule has 0 aromatic heterocycles. The average Bonchev–Trinajstić information content (AvgIpc) is 2.34. The third-order valence-electron chi connectivity index (χ3n) is 2.30. The van der Waals surface area contributed by atoms with Crippen molar-refractivity contribution in [3.8, 4) is 11.5 Å². The van der Waals surface area contributed by atoms with Crippen LogP contribution >= 0.6 is 23.2 Å². The zero-order valence-electron chi connectivity index (χ0n) is 9.09. The van der Waals surface area contributed by atoms with E-state index < -0.39 is 11.6 Å². The number of halogens is 4. The Hall–Kier alpha value is -1.32. The number of hydrogen-bond acceptors (Lipinski definition) is 1. The molecular weight excluding hydrogens is 281 g/mol. The van der Waals surface area contributed by atoms with Gasteiger partial charge in [-0.2, -0.15) is 0 Å². The Kier molecular flexibility index (Phi) is 4.04. The normalized spacial score (nSPS) is 10.4. The van der Waals surface area contributed by atoms with Gasteiger partial charge in [0.2, 0.25) is 0 Å². The molecule has 5 heteroatoms. The van der Waals surface area contributed by atoms with Crippen molar-refractivity contribution in [2.24, 2.45) is 0 Å². The largest absolute Gasteiger partial charge is 0.452 e. The van der Waals surface area contributed by atoms with Gasteiger partial charge in [-0.1, -0.05) is 23.7 Å². The minimum absolute atomic E-state index is 0.101. The second-order valence-electron chi connectivity index (χ2n) is 3.54. The van der Waals surface area contributed by atoms with Gasteiger partial charge in [-0.15, -0.1) is 11.6 Å². The summed E-state index contributed by atoms with van der Waals surface area (Å²) in [5.41, 5.74) is 0.632. The fraction of sp³-hybridized carbons (Fsp3) is 0.0769. The lowest BCUT2D eigenvalue weighted by atomic mass is 10.2. The van der Waals surface area contributed by atoms with E-state index in [1.807, 2.05) is 0 Å². The summed E-state index contributed by atoms with van der Waals surface area (Å²) >= 11 is 11.7. The molecule has 18 heavy (non-hydrogen) atoms. The molecule has 94 valence electrons. The molecule has 0 spiro atoms. The molecule has 0 radical (unpaired) electrons. The number of hydrogen-bond donors (Lipinski definition) is 0. The fourth-order valence-electron chi connectivity index (χ4n) is 1.44. The minimum atomic E-state index is -0.796. The number of ether oxygens (including phenoxy) is 1. The molecule has 0 amide bonds. The Labute approximate surface area is 113 Å². The predicted molar refractivity (Wildman–Crippen MR) is 67.4 cm³/mol. The van der Waals surface area contributed by atoms with Gasteiger partial charge in [0.25, 0.3) is 0 Å². The summed E-state index contributed by atoms with van der Waals surface area (Å²) in [5, 5.41) is 0.317. The summed E-state index contributed by atoms with van der Waals surface area (Å²) in [6.07, 6.45) is 0. The van der Waals surface area contributed by atoms with Gasteiger partial charge >= 0.3 is 0 Å². The molecule has 0 saturated carbocycles. The molecule has 0 aliphatic heterocycles. The molecule has 0 fully saturated rings. The van der Waals surface area contributed by atoms with E-state index in [9.17, 15) is 8.78 Å². The van der Waals surface area contributed by atoms with Gasteiger partial charge in [0, 0.05) is 11.6 Å². The Morgan fingerprint density at radius 1 is 1.11 bits per heavy atom. The van der Waals surface area contributed by atoms with Crippen LogP contribution < -0.4 is 4.74 Å². The predicted octanol–water partition coefficient (Wildman–Crippen LogP) is 5.15. The van der Waals surface area contributed by atoms with Crippen LogP contribution in [0.3, 0.4) is 0 Å². The number of alkyl halides is 1. The van der Waals surface area contributed by atoms with Crippen LogP contribution in [0.5, 0.6) is 11.5 Å². The van der Waals surface area contributed by atoms with Crippen molar-refractivity contribution in [3.05, 3.63) is 58.6 Å². The standard InChI is InChI=1S/C13H8Cl2F2O/c14-7-8-2-1-3-10(15)13(8)18-12-5-4-9(16)6-11(12)17/h1-6H,7H2. The molecule has 2 aromatic rings. The maximum Gasteiger partial charge on any atom is 0.168 e. The van der Waals surface area contributed by atoms with Gasteiger partial charge in [-0.05, 0) is 18.2 Å². The van der Waals surface area contributed by atoms with Gasteiger partial charge in [0.05, 0.1) is 10.9 Å². The zero-order valence-corrected chi connectivity index (χ0v) is 10.6. The smallest absolute Gasteiger partial charge is 0.168 e. The van der Waals surface area contributed by atoms with Crippen molar-refractivity contribution < 1.29 is 13.5 Å². The van der Waals surface area contributed by atoms with Crippen LogP contribution in [-0.2, 0) is 5.88 Å². The van der Waals surface area contributed by atoms with E-state index >= 15 is 0 Å². The fourth-order valence-corrected chi connectivity index (χ4v) is 1.88. The van der Waals surface area contributed by atoms with Gasteiger partial charge in [0.15, 0.2) is 17.3 Å². The number of para-hydroxylation sites is 1. The lowest BCUT2D eigenvalue weighted by Gasteiger charge is -2.11. The summed E-state index contributed by atoms with van der Waals surface area (Å²) in [4.78, 5) is 0. The highest BCUT2D eigenvalue weighted by Gasteiger charge is 2.12. The average molecular weight is 289 g/mol. The van der Waals surface area contributed by atoms with Gasteiger partial charge in [-0.25, -0.2) is 8.78 Å². The molecule has 0 bridgehead atoms. The highest BCUT2D eigenvalue weighted by atomic mass is 35.5. The van der Waals surface area contributed by atoms with Crippen LogP contribution in [0.4, 0.5) is 8.78 Å². The van der Waals surface area contributed by atoms with Crippen LogP contribution in [-0.4, -0.2) is 0 Å². The van der Waals surface area contributed by atoms with Crippen molar-refractivity contribution in [2.45, 2.75) is 5.88 Å². The van der Waals surface area contributed by atoms with E-state index in [2.05, 4.69) is 0 Å². The molecule has 0 heterocycles. The Morgan fingerprint density at radius 3 is 2.56 bits per heavy atom. The van der Waals surface area contributed by atoms with Crippen molar-refractivity contribution in [1.29, 1.82) is 0 Å². The quantitative estimate of drug-likeness (QED) is 0.710. The topological polar surface area (TPSA) is 9.23 Å². The maximum absolute atomic E-state index is 13.5. The Bertz CT molecular complexity index is 573. The van der Waals surface area contributed by atoms with Gasteiger partial charge in [-0.3, -0.25) is 0 Å². The van der Waals surface area contributed by atoms with Crippen molar-refractivity contribution in [1.82, 2.24) is 0 Å².